The van der Waals surface area contributed by atoms with Crippen molar-refractivity contribution in [2.24, 2.45) is 5.73 Å². The average molecular weight is 179 g/mol. The van der Waals surface area contributed by atoms with E-state index in [0.29, 0.717) is 0 Å². The van der Waals surface area contributed by atoms with Crippen molar-refractivity contribution in [3.63, 3.8) is 0 Å². The predicted octanol–water partition coefficient (Wildman–Crippen LogP) is 3.24. The van der Waals surface area contributed by atoms with Gasteiger partial charge in [-0.05, 0) is 19.5 Å². The molecule has 1 heteroatoms. The van der Waals surface area contributed by atoms with Crippen LogP contribution in [0, 0.1) is 6.92 Å². The highest BCUT2D eigenvalue weighted by atomic mass is 14.4. The minimum absolute atomic E-state index is 1.18. The van der Waals surface area contributed by atoms with Crippen molar-refractivity contribution in [3.8, 4) is 0 Å². The molecule has 1 aromatic rings. The molecule has 0 amide bonds. The van der Waals surface area contributed by atoms with E-state index in [1.807, 2.05) is 19.9 Å². The second kappa shape index (κ2) is 10.9. The Morgan fingerprint density at radius 3 is 1.77 bits per heavy atom. The van der Waals surface area contributed by atoms with Gasteiger partial charge in [0, 0.05) is 0 Å². The third-order valence-corrected chi connectivity index (χ3v) is 1.31. The summed E-state index contributed by atoms with van der Waals surface area (Å²) < 4.78 is 0. The molecular weight excluding hydrogens is 158 g/mol. The van der Waals surface area contributed by atoms with Gasteiger partial charge in [0.15, 0.2) is 0 Å². The van der Waals surface area contributed by atoms with Gasteiger partial charge in [-0.25, -0.2) is 0 Å². The maximum atomic E-state index is 4.50. The molecule has 0 saturated carbocycles. The highest BCUT2D eigenvalue weighted by Crippen LogP contribution is 2.02. The van der Waals surface area contributed by atoms with Gasteiger partial charge < -0.3 is 5.73 Å². The van der Waals surface area contributed by atoms with Gasteiger partial charge in [-0.1, -0.05) is 56.3 Å². The first-order valence-electron chi connectivity index (χ1n) is 4.60. The smallest absolute Gasteiger partial charge is 0.0195 e. The fourth-order valence-corrected chi connectivity index (χ4v) is 0.703. The van der Waals surface area contributed by atoms with Gasteiger partial charge in [0.2, 0.25) is 0 Å². The van der Waals surface area contributed by atoms with Crippen LogP contribution in [-0.2, 0) is 0 Å². The van der Waals surface area contributed by atoms with Crippen molar-refractivity contribution in [3.05, 3.63) is 42.0 Å². The van der Waals surface area contributed by atoms with Gasteiger partial charge in [-0.15, -0.1) is 0 Å². The Balaban J connectivity index is 0. The molecule has 0 bridgehead atoms. The van der Waals surface area contributed by atoms with Gasteiger partial charge in [0.25, 0.3) is 0 Å². The molecule has 0 heterocycles. The number of hydrogen-bond donors (Lipinski definition) is 1. The van der Waals surface area contributed by atoms with Crippen LogP contribution in [0.1, 0.15) is 25.0 Å². The molecule has 1 nitrogen and oxygen atoms in total. The van der Waals surface area contributed by atoms with E-state index in [-0.39, 0.29) is 0 Å². The zero-order chi connectivity index (χ0) is 10.7. The molecule has 0 aliphatic carbocycles. The SMILES string of the molecule is C=Cc1ccc(C)cc1.CC.CN. The van der Waals surface area contributed by atoms with Crippen LogP contribution in [0.2, 0.25) is 0 Å². The van der Waals surface area contributed by atoms with Crippen LogP contribution in [0.5, 0.6) is 0 Å². The number of benzene rings is 1. The number of aryl methyl sites for hydroxylation is 1. The van der Waals surface area contributed by atoms with E-state index in [0.717, 1.165) is 0 Å². The van der Waals surface area contributed by atoms with Crippen LogP contribution in [0.4, 0.5) is 0 Å². The summed E-state index contributed by atoms with van der Waals surface area (Å²) in [7, 11) is 1.50. The van der Waals surface area contributed by atoms with E-state index in [2.05, 4.69) is 43.5 Å². The monoisotopic (exact) mass is 179 g/mol. The van der Waals surface area contributed by atoms with Gasteiger partial charge in [-0.2, -0.15) is 0 Å². The Labute approximate surface area is 82.3 Å². The predicted molar refractivity (Wildman–Crippen MR) is 62.7 cm³/mol. The van der Waals surface area contributed by atoms with Gasteiger partial charge >= 0.3 is 0 Å². The van der Waals surface area contributed by atoms with Crippen LogP contribution >= 0.6 is 0 Å². The molecule has 0 aliphatic rings. The minimum atomic E-state index is 1.18. The fraction of sp³-hybridized carbons (Fsp3) is 0.333. The third kappa shape index (κ3) is 7.29. The molecule has 13 heavy (non-hydrogen) atoms. The van der Waals surface area contributed by atoms with E-state index in [1.54, 1.807) is 0 Å². The lowest BCUT2D eigenvalue weighted by Crippen LogP contribution is -1.71. The summed E-state index contributed by atoms with van der Waals surface area (Å²) in [6, 6.07) is 8.28. The minimum Gasteiger partial charge on any atom is -0.333 e. The zero-order valence-electron chi connectivity index (χ0n) is 9.17. The molecular formula is C12H21N. The summed E-state index contributed by atoms with van der Waals surface area (Å²) in [6.45, 7) is 9.74. The summed E-state index contributed by atoms with van der Waals surface area (Å²) in [4.78, 5) is 0. The quantitative estimate of drug-likeness (QED) is 0.703. The van der Waals surface area contributed by atoms with Gasteiger partial charge in [0.1, 0.15) is 0 Å². The third-order valence-electron chi connectivity index (χ3n) is 1.31. The molecule has 0 spiro atoms. The zero-order valence-corrected chi connectivity index (χ0v) is 9.17. The molecule has 0 fully saturated rings. The topological polar surface area (TPSA) is 26.0 Å². The summed E-state index contributed by atoms with van der Waals surface area (Å²) in [5, 5.41) is 0. The van der Waals surface area contributed by atoms with E-state index in [4.69, 9.17) is 0 Å². The van der Waals surface area contributed by atoms with Crippen LogP contribution < -0.4 is 5.73 Å². The van der Waals surface area contributed by atoms with Crippen LogP contribution in [-0.4, -0.2) is 7.05 Å². The molecule has 1 aromatic carbocycles. The molecule has 0 saturated heterocycles. The van der Waals surface area contributed by atoms with Crippen LogP contribution in [0.25, 0.3) is 6.08 Å². The largest absolute Gasteiger partial charge is 0.333 e. The Morgan fingerprint density at radius 1 is 1.08 bits per heavy atom. The summed E-state index contributed by atoms with van der Waals surface area (Å²) >= 11 is 0. The molecule has 1 rings (SSSR count). The molecule has 74 valence electrons. The Hall–Kier alpha value is -1.08. The standard InChI is InChI=1S/C9H10.C2H6.CH5N/c1-3-9-6-4-8(2)5-7-9;2*1-2/h3-7H,1H2,2H3;1-2H3;2H2,1H3. The van der Waals surface area contributed by atoms with E-state index >= 15 is 0 Å². The lowest BCUT2D eigenvalue weighted by molar-refractivity contribution is 1.46. The highest BCUT2D eigenvalue weighted by molar-refractivity contribution is 5.46. The van der Waals surface area contributed by atoms with Crippen molar-refractivity contribution >= 4 is 6.08 Å². The molecule has 0 aromatic heterocycles. The van der Waals surface area contributed by atoms with Crippen molar-refractivity contribution in [1.29, 1.82) is 0 Å². The van der Waals surface area contributed by atoms with Crippen LogP contribution in [0.15, 0.2) is 30.8 Å². The molecule has 0 unspecified atom stereocenters. The Kier molecular flexibility index (Phi) is 12.1. The van der Waals surface area contributed by atoms with Gasteiger partial charge in [0.05, 0.1) is 0 Å². The Bertz CT molecular complexity index is 199. The van der Waals surface area contributed by atoms with E-state index in [9.17, 15) is 0 Å². The van der Waals surface area contributed by atoms with E-state index in [1.165, 1.54) is 18.2 Å². The van der Waals surface area contributed by atoms with Crippen LogP contribution in [0.3, 0.4) is 0 Å². The maximum Gasteiger partial charge on any atom is -0.0195 e. The average Bonchev–Trinajstić information content (AvgIpc) is 2.25. The molecule has 0 aliphatic heterocycles. The van der Waals surface area contributed by atoms with Crippen molar-refractivity contribution in [2.75, 3.05) is 7.05 Å². The first-order valence-corrected chi connectivity index (χ1v) is 4.60. The fourth-order valence-electron chi connectivity index (χ4n) is 0.703. The highest BCUT2D eigenvalue weighted by Gasteiger charge is 1.82. The lowest BCUT2D eigenvalue weighted by Gasteiger charge is -1.91. The Morgan fingerprint density at radius 2 is 1.46 bits per heavy atom. The maximum absolute atomic E-state index is 4.50. The number of nitrogens with two attached hydrogens (primary N) is 1. The lowest BCUT2D eigenvalue weighted by atomic mass is 10.2. The molecule has 2 N–H and O–H groups in total. The van der Waals surface area contributed by atoms with Crippen molar-refractivity contribution < 1.29 is 0 Å². The normalized spacial score (nSPS) is 7.15. The second-order valence-electron chi connectivity index (χ2n) is 2.11. The first-order chi connectivity index (χ1) is 6.33. The summed E-state index contributed by atoms with van der Waals surface area (Å²) in [6.07, 6.45) is 1.85. The summed E-state index contributed by atoms with van der Waals surface area (Å²) in [5.74, 6) is 0. The first kappa shape index (κ1) is 14.4. The van der Waals surface area contributed by atoms with E-state index < -0.39 is 0 Å². The van der Waals surface area contributed by atoms with Crippen molar-refractivity contribution in [2.45, 2.75) is 20.8 Å². The summed E-state index contributed by atoms with van der Waals surface area (Å²) in [5.41, 5.74) is 6.97. The van der Waals surface area contributed by atoms with Crippen molar-refractivity contribution in [1.82, 2.24) is 0 Å². The van der Waals surface area contributed by atoms with Gasteiger partial charge in [-0.3, -0.25) is 0 Å². The molecule has 0 radical (unpaired) electrons. The number of rotatable bonds is 1. The number of hydrogen-bond acceptors (Lipinski definition) is 1. The molecule has 0 atom stereocenters. The second-order valence-corrected chi connectivity index (χ2v) is 2.11.